The van der Waals surface area contributed by atoms with E-state index in [1.165, 1.54) is 5.56 Å². The standard InChI is InChI=1S/C17H28N2O2/c1-16(2,3)11-17(4,5)12-6-8-13(9-7-12)21-10-14(18)15(19)20/h6-9,14H,10-11,18H2,1-5H3,(H2,19,20). The van der Waals surface area contributed by atoms with Crippen molar-refractivity contribution < 1.29 is 9.53 Å². The Morgan fingerprint density at radius 1 is 1.14 bits per heavy atom. The fourth-order valence-corrected chi connectivity index (χ4v) is 2.70. The second-order valence-electron chi connectivity index (χ2n) is 7.47. The van der Waals surface area contributed by atoms with Crippen molar-refractivity contribution in [3.63, 3.8) is 0 Å². The molecular formula is C17H28N2O2. The van der Waals surface area contributed by atoms with E-state index in [0.717, 1.165) is 6.42 Å². The molecule has 0 heterocycles. The minimum atomic E-state index is -0.776. The minimum Gasteiger partial charge on any atom is -0.491 e. The highest BCUT2D eigenvalue weighted by Gasteiger charge is 2.27. The lowest BCUT2D eigenvalue weighted by Gasteiger charge is -2.33. The summed E-state index contributed by atoms with van der Waals surface area (Å²) in [4.78, 5) is 10.9. The first-order valence-electron chi connectivity index (χ1n) is 7.29. The Balaban J connectivity index is 2.71. The molecule has 0 aromatic heterocycles. The molecule has 1 amide bonds. The summed E-state index contributed by atoms with van der Waals surface area (Å²) in [7, 11) is 0. The average Bonchev–Trinajstić information content (AvgIpc) is 2.33. The van der Waals surface area contributed by atoms with Crippen LogP contribution in [-0.4, -0.2) is 18.6 Å². The zero-order valence-corrected chi connectivity index (χ0v) is 13.8. The summed E-state index contributed by atoms with van der Waals surface area (Å²) in [5.74, 6) is 0.139. The van der Waals surface area contributed by atoms with Crippen molar-refractivity contribution in [3.05, 3.63) is 29.8 Å². The van der Waals surface area contributed by atoms with Gasteiger partial charge in [-0.2, -0.15) is 0 Å². The largest absolute Gasteiger partial charge is 0.491 e. The molecular weight excluding hydrogens is 264 g/mol. The van der Waals surface area contributed by atoms with Crippen molar-refractivity contribution in [2.45, 2.75) is 52.5 Å². The molecule has 4 N–H and O–H groups in total. The van der Waals surface area contributed by atoms with Crippen molar-refractivity contribution in [2.75, 3.05) is 6.61 Å². The van der Waals surface area contributed by atoms with Crippen LogP contribution >= 0.6 is 0 Å². The molecule has 0 aliphatic rings. The number of nitrogens with two attached hydrogens (primary N) is 2. The summed E-state index contributed by atoms with van der Waals surface area (Å²) < 4.78 is 5.47. The molecule has 1 aromatic carbocycles. The summed E-state index contributed by atoms with van der Waals surface area (Å²) in [6, 6.07) is 7.18. The van der Waals surface area contributed by atoms with Crippen LogP contribution in [0.5, 0.6) is 5.75 Å². The van der Waals surface area contributed by atoms with Gasteiger partial charge in [0.05, 0.1) is 0 Å². The van der Waals surface area contributed by atoms with E-state index < -0.39 is 11.9 Å². The molecule has 0 radical (unpaired) electrons. The van der Waals surface area contributed by atoms with E-state index >= 15 is 0 Å². The molecule has 1 unspecified atom stereocenters. The van der Waals surface area contributed by atoms with Crippen molar-refractivity contribution in [3.8, 4) is 5.75 Å². The first-order chi connectivity index (χ1) is 9.51. The zero-order chi connectivity index (χ0) is 16.3. The maximum absolute atomic E-state index is 10.9. The summed E-state index contributed by atoms with van der Waals surface area (Å²) in [6.07, 6.45) is 1.09. The molecule has 4 heteroatoms. The number of hydrogen-bond acceptors (Lipinski definition) is 3. The van der Waals surface area contributed by atoms with Gasteiger partial charge in [-0.15, -0.1) is 0 Å². The number of primary amides is 1. The molecule has 0 spiro atoms. The monoisotopic (exact) mass is 292 g/mol. The van der Waals surface area contributed by atoms with Gasteiger partial charge in [0.1, 0.15) is 18.4 Å². The van der Waals surface area contributed by atoms with E-state index in [1.807, 2.05) is 12.1 Å². The molecule has 0 aliphatic heterocycles. The van der Waals surface area contributed by atoms with Crippen LogP contribution in [0.3, 0.4) is 0 Å². The van der Waals surface area contributed by atoms with Crippen LogP contribution in [0.15, 0.2) is 24.3 Å². The number of ether oxygens (including phenoxy) is 1. The van der Waals surface area contributed by atoms with E-state index in [-0.39, 0.29) is 17.4 Å². The molecule has 0 bridgehead atoms. The fraction of sp³-hybridized carbons (Fsp3) is 0.588. The van der Waals surface area contributed by atoms with Crippen molar-refractivity contribution in [1.82, 2.24) is 0 Å². The Bertz CT molecular complexity index is 473. The fourth-order valence-electron chi connectivity index (χ4n) is 2.70. The predicted octanol–water partition coefficient (Wildman–Crippen LogP) is 2.59. The van der Waals surface area contributed by atoms with Crippen LogP contribution in [0.4, 0.5) is 0 Å². The zero-order valence-electron chi connectivity index (χ0n) is 13.8. The highest BCUT2D eigenvalue weighted by Crippen LogP contribution is 2.36. The van der Waals surface area contributed by atoms with Gasteiger partial charge in [-0.25, -0.2) is 0 Å². The van der Waals surface area contributed by atoms with Crippen molar-refractivity contribution >= 4 is 5.91 Å². The predicted molar refractivity (Wildman–Crippen MR) is 86.2 cm³/mol. The van der Waals surface area contributed by atoms with Gasteiger partial charge in [0.25, 0.3) is 0 Å². The Morgan fingerprint density at radius 3 is 2.10 bits per heavy atom. The van der Waals surface area contributed by atoms with E-state index in [9.17, 15) is 4.79 Å². The van der Waals surface area contributed by atoms with Crippen LogP contribution in [0.25, 0.3) is 0 Å². The molecule has 118 valence electrons. The lowest BCUT2D eigenvalue weighted by atomic mass is 9.72. The topological polar surface area (TPSA) is 78.3 Å². The molecule has 1 aromatic rings. The van der Waals surface area contributed by atoms with Crippen LogP contribution in [0.1, 0.15) is 46.6 Å². The average molecular weight is 292 g/mol. The van der Waals surface area contributed by atoms with Gasteiger partial charge >= 0.3 is 0 Å². The minimum absolute atomic E-state index is 0.0973. The Morgan fingerprint density at radius 2 is 1.67 bits per heavy atom. The highest BCUT2D eigenvalue weighted by atomic mass is 16.5. The van der Waals surface area contributed by atoms with Gasteiger partial charge in [0, 0.05) is 0 Å². The summed E-state index contributed by atoms with van der Waals surface area (Å²) >= 11 is 0. The first kappa shape index (κ1) is 17.5. The molecule has 0 saturated heterocycles. The van der Waals surface area contributed by atoms with E-state index in [4.69, 9.17) is 16.2 Å². The maximum Gasteiger partial charge on any atom is 0.237 e. The van der Waals surface area contributed by atoms with E-state index in [2.05, 4.69) is 46.8 Å². The second-order valence-corrected chi connectivity index (χ2v) is 7.47. The normalized spacial score (nSPS) is 13.8. The van der Waals surface area contributed by atoms with Crippen LogP contribution in [0, 0.1) is 5.41 Å². The van der Waals surface area contributed by atoms with Gasteiger partial charge in [-0.1, -0.05) is 46.8 Å². The van der Waals surface area contributed by atoms with E-state index in [0.29, 0.717) is 5.75 Å². The summed E-state index contributed by atoms with van der Waals surface area (Å²) in [5, 5.41) is 0. The molecule has 1 atom stereocenters. The third kappa shape index (κ3) is 5.76. The number of benzene rings is 1. The van der Waals surface area contributed by atoms with Crippen LogP contribution in [-0.2, 0) is 10.2 Å². The summed E-state index contributed by atoms with van der Waals surface area (Å²) in [5.41, 5.74) is 12.3. The second kappa shape index (κ2) is 6.48. The summed E-state index contributed by atoms with van der Waals surface area (Å²) in [6.45, 7) is 11.3. The molecule has 0 fully saturated rings. The Kier molecular flexibility index (Phi) is 5.40. The third-order valence-electron chi connectivity index (χ3n) is 3.40. The molecule has 4 nitrogen and oxygen atoms in total. The third-order valence-corrected chi connectivity index (χ3v) is 3.40. The van der Waals surface area contributed by atoms with Gasteiger partial charge in [0.15, 0.2) is 0 Å². The number of amides is 1. The molecule has 1 rings (SSSR count). The van der Waals surface area contributed by atoms with Crippen molar-refractivity contribution in [2.24, 2.45) is 16.9 Å². The quantitative estimate of drug-likeness (QED) is 0.846. The maximum atomic E-state index is 10.9. The highest BCUT2D eigenvalue weighted by molar-refractivity contribution is 5.79. The number of rotatable bonds is 6. The van der Waals surface area contributed by atoms with Gasteiger partial charge in [0.2, 0.25) is 5.91 Å². The van der Waals surface area contributed by atoms with Crippen LogP contribution < -0.4 is 16.2 Å². The van der Waals surface area contributed by atoms with Gasteiger partial charge in [-0.05, 0) is 34.9 Å². The SMILES string of the molecule is CC(C)(C)CC(C)(C)c1ccc(OCC(N)C(N)=O)cc1. The van der Waals surface area contributed by atoms with E-state index in [1.54, 1.807) is 0 Å². The lowest BCUT2D eigenvalue weighted by molar-refractivity contribution is -0.119. The van der Waals surface area contributed by atoms with Crippen molar-refractivity contribution in [1.29, 1.82) is 0 Å². The Labute approximate surface area is 127 Å². The number of carbonyl (C=O) groups is 1. The van der Waals surface area contributed by atoms with Gasteiger partial charge in [-0.3, -0.25) is 4.79 Å². The number of carbonyl (C=O) groups excluding carboxylic acids is 1. The molecule has 0 aliphatic carbocycles. The first-order valence-corrected chi connectivity index (χ1v) is 7.29. The smallest absolute Gasteiger partial charge is 0.237 e. The Hall–Kier alpha value is -1.55. The van der Waals surface area contributed by atoms with Crippen LogP contribution in [0.2, 0.25) is 0 Å². The number of hydrogen-bond donors (Lipinski definition) is 2. The van der Waals surface area contributed by atoms with Gasteiger partial charge < -0.3 is 16.2 Å². The lowest BCUT2D eigenvalue weighted by Crippen LogP contribution is -2.41. The molecule has 0 saturated carbocycles. The molecule has 21 heavy (non-hydrogen) atoms.